The van der Waals surface area contributed by atoms with E-state index in [2.05, 4.69) is 10.2 Å². The van der Waals surface area contributed by atoms with Gasteiger partial charge >= 0.3 is 5.69 Å². The first-order valence-electron chi connectivity index (χ1n) is 6.15. The minimum Gasteiger partial charge on any atom is -0.390 e. The molecule has 2 atom stereocenters. The van der Waals surface area contributed by atoms with Gasteiger partial charge in [0, 0.05) is 19.4 Å². The van der Waals surface area contributed by atoms with Crippen LogP contribution in [0.2, 0.25) is 0 Å². The molecule has 110 valence electrons. The fourth-order valence-corrected chi connectivity index (χ4v) is 2.39. The molecule has 0 aliphatic carbocycles. The van der Waals surface area contributed by atoms with E-state index in [4.69, 9.17) is 9.47 Å². The van der Waals surface area contributed by atoms with E-state index >= 15 is 0 Å². The summed E-state index contributed by atoms with van der Waals surface area (Å²) in [4.78, 5) is 11.3. The van der Waals surface area contributed by atoms with Crippen molar-refractivity contribution in [3.8, 4) is 0 Å². The number of aliphatic hydroxyl groups is 1. The van der Waals surface area contributed by atoms with Gasteiger partial charge in [-0.05, 0) is 13.8 Å². The van der Waals surface area contributed by atoms with Crippen LogP contribution in [0, 0.1) is 0 Å². The van der Waals surface area contributed by atoms with Gasteiger partial charge < -0.3 is 14.6 Å². The number of hydrogen-bond acceptors (Lipinski definition) is 6. The van der Waals surface area contributed by atoms with Crippen LogP contribution in [0.4, 0.5) is 0 Å². The van der Waals surface area contributed by atoms with Crippen molar-refractivity contribution in [2.24, 2.45) is 0 Å². The van der Waals surface area contributed by atoms with E-state index in [0.29, 0.717) is 24.1 Å². The van der Waals surface area contributed by atoms with Crippen molar-refractivity contribution >= 4 is 11.8 Å². The molecule has 1 rings (SSSR count). The quantitative estimate of drug-likeness (QED) is 0.627. The topological polar surface area (TPSA) is 89.4 Å². The maximum Gasteiger partial charge on any atom is 0.343 e. The van der Waals surface area contributed by atoms with E-state index in [1.807, 2.05) is 13.8 Å². The summed E-state index contributed by atoms with van der Waals surface area (Å²) in [6, 6.07) is 0. The van der Waals surface area contributed by atoms with E-state index in [0.717, 1.165) is 0 Å². The second-order valence-electron chi connectivity index (χ2n) is 4.12. The van der Waals surface area contributed by atoms with Crippen LogP contribution < -0.4 is 5.69 Å². The van der Waals surface area contributed by atoms with E-state index in [9.17, 15) is 9.90 Å². The van der Waals surface area contributed by atoms with E-state index in [-0.39, 0.29) is 18.4 Å². The Kier molecular flexibility index (Phi) is 7.14. The molecule has 0 amide bonds. The Morgan fingerprint density at radius 2 is 2.26 bits per heavy atom. The van der Waals surface area contributed by atoms with Crippen LogP contribution in [0.1, 0.15) is 13.8 Å². The maximum absolute atomic E-state index is 11.3. The van der Waals surface area contributed by atoms with Crippen LogP contribution in [0.15, 0.2) is 9.95 Å². The molecule has 0 aliphatic heterocycles. The number of aromatic amines is 1. The van der Waals surface area contributed by atoms with Gasteiger partial charge in [0.15, 0.2) is 5.16 Å². The fraction of sp³-hybridized carbons (Fsp3) is 0.818. The Balaban J connectivity index is 2.33. The molecule has 8 heteroatoms. The third-order valence-electron chi connectivity index (χ3n) is 2.42. The van der Waals surface area contributed by atoms with Crippen molar-refractivity contribution < 1.29 is 14.6 Å². The Morgan fingerprint density at radius 1 is 1.53 bits per heavy atom. The summed E-state index contributed by atoms with van der Waals surface area (Å²) in [6.07, 6.45) is -0.662. The third-order valence-corrected chi connectivity index (χ3v) is 3.54. The molecule has 1 aromatic heterocycles. The predicted molar refractivity (Wildman–Crippen MR) is 72.5 cm³/mol. The number of nitrogens with zero attached hydrogens (tertiary/aromatic N) is 2. The average Bonchev–Trinajstić information content (AvgIpc) is 2.74. The summed E-state index contributed by atoms with van der Waals surface area (Å²) < 4.78 is 11.9. The van der Waals surface area contributed by atoms with Crippen molar-refractivity contribution in [2.75, 3.05) is 26.1 Å². The summed E-state index contributed by atoms with van der Waals surface area (Å²) in [5.41, 5.74) is -0.232. The highest BCUT2D eigenvalue weighted by Gasteiger charge is 2.12. The summed E-state index contributed by atoms with van der Waals surface area (Å²) in [7, 11) is 1.60. The number of rotatable bonds is 9. The molecule has 1 aromatic rings. The largest absolute Gasteiger partial charge is 0.390 e. The van der Waals surface area contributed by atoms with Gasteiger partial charge in [-0.3, -0.25) is 4.57 Å². The Bertz CT molecular complexity index is 420. The second-order valence-corrected chi connectivity index (χ2v) is 5.11. The minimum absolute atomic E-state index is 0.0520. The standard InChI is InChI=1S/C11H21N3O4S/c1-4-14-10(16)12-13-11(14)19-7-9(15)6-18-8(2)5-17-3/h8-9,15H,4-7H2,1-3H3,(H,12,16). The van der Waals surface area contributed by atoms with Crippen molar-refractivity contribution in [1.29, 1.82) is 0 Å². The van der Waals surface area contributed by atoms with Crippen LogP contribution >= 0.6 is 11.8 Å². The van der Waals surface area contributed by atoms with Crippen molar-refractivity contribution in [3.63, 3.8) is 0 Å². The van der Waals surface area contributed by atoms with Crippen LogP contribution in [-0.4, -0.2) is 58.2 Å². The minimum atomic E-state index is -0.610. The van der Waals surface area contributed by atoms with Gasteiger partial charge in [-0.25, -0.2) is 9.89 Å². The lowest BCUT2D eigenvalue weighted by Gasteiger charge is -2.15. The molecule has 19 heavy (non-hydrogen) atoms. The highest BCUT2D eigenvalue weighted by molar-refractivity contribution is 7.99. The molecular weight excluding hydrogens is 270 g/mol. The lowest BCUT2D eigenvalue weighted by Crippen LogP contribution is -2.24. The van der Waals surface area contributed by atoms with Gasteiger partial charge in [0.25, 0.3) is 0 Å². The van der Waals surface area contributed by atoms with Gasteiger partial charge in [-0.2, -0.15) is 0 Å². The number of H-pyrrole nitrogens is 1. The lowest BCUT2D eigenvalue weighted by atomic mass is 10.4. The Labute approximate surface area is 116 Å². The Hall–Kier alpha value is -0.830. The predicted octanol–water partition coefficient (Wildman–Crippen LogP) is 0.0958. The number of aromatic nitrogens is 3. The number of hydrogen-bond donors (Lipinski definition) is 2. The molecule has 0 spiro atoms. The van der Waals surface area contributed by atoms with E-state index in [1.165, 1.54) is 16.3 Å². The van der Waals surface area contributed by atoms with Gasteiger partial charge in [-0.15, -0.1) is 5.10 Å². The molecule has 0 saturated heterocycles. The summed E-state index contributed by atoms with van der Waals surface area (Å²) >= 11 is 1.32. The van der Waals surface area contributed by atoms with E-state index in [1.54, 1.807) is 7.11 Å². The monoisotopic (exact) mass is 291 g/mol. The van der Waals surface area contributed by atoms with Gasteiger partial charge in [0.1, 0.15) is 0 Å². The number of methoxy groups -OCH3 is 1. The van der Waals surface area contributed by atoms with Crippen molar-refractivity contribution in [3.05, 3.63) is 10.5 Å². The molecule has 0 aliphatic rings. The highest BCUT2D eigenvalue weighted by atomic mass is 32.2. The zero-order chi connectivity index (χ0) is 14.3. The van der Waals surface area contributed by atoms with Gasteiger partial charge in [0.05, 0.1) is 25.4 Å². The smallest absolute Gasteiger partial charge is 0.343 e. The van der Waals surface area contributed by atoms with E-state index < -0.39 is 6.10 Å². The molecule has 0 fully saturated rings. The van der Waals surface area contributed by atoms with Crippen molar-refractivity contribution in [1.82, 2.24) is 14.8 Å². The maximum atomic E-state index is 11.3. The lowest BCUT2D eigenvalue weighted by molar-refractivity contribution is -0.0257. The van der Waals surface area contributed by atoms with Crippen molar-refractivity contribution in [2.45, 2.75) is 37.8 Å². The number of ether oxygens (including phenoxy) is 2. The molecule has 2 N–H and O–H groups in total. The Morgan fingerprint density at radius 3 is 2.89 bits per heavy atom. The summed E-state index contributed by atoms with van der Waals surface area (Å²) in [5.74, 6) is 0.421. The summed E-state index contributed by atoms with van der Waals surface area (Å²) in [5, 5.41) is 16.7. The first kappa shape index (κ1) is 16.2. The van der Waals surface area contributed by atoms with Crippen LogP contribution in [-0.2, 0) is 16.0 Å². The average molecular weight is 291 g/mol. The highest BCUT2D eigenvalue weighted by Crippen LogP contribution is 2.14. The number of thioether (sulfide) groups is 1. The fourth-order valence-electron chi connectivity index (χ4n) is 1.47. The molecule has 0 radical (unpaired) electrons. The molecule has 7 nitrogen and oxygen atoms in total. The van der Waals surface area contributed by atoms with Crippen LogP contribution in [0.3, 0.4) is 0 Å². The molecular formula is C11H21N3O4S. The third kappa shape index (κ3) is 5.35. The zero-order valence-corrected chi connectivity index (χ0v) is 12.3. The first-order chi connectivity index (χ1) is 9.08. The molecule has 0 bridgehead atoms. The molecule has 0 aromatic carbocycles. The second kappa shape index (κ2) is 8.36. The SMILES string of the molecule is CCn1c(SCC(O)COC(C)COC)n[nH]c1=O. The van der Waals surface area contributed by atoms with Gasteiger partial charge in [-0.1, -0.05) is 11.8 Å². The summed E-state index contributed by atoms with van der Waals surface area (Å²) in [6.45, 7) is 5.03. The van der Waals surface area contributed by atoms with Crippen LogP contribution in [0.5, 0.6) is 0 Å². The zero-order valence-electron chi connectivity index (χ0n) is 11.5. The molecule has 1 heterocycles. The van der Waals surface area contributed by atoms with Gasteiger partial charge in [0.2, 0.25) is 0 Å². The normalized spacial score (nSPS) is 14.5. The number of aliphatic hydroxyl groups excluding tert-OH is 1. The number of nitrogens with one attached hydrogen (secondary N) is 1. The van der Waals surface area contributed by atoms with Crippen LogP contribution in [0.25, 0.3) is 0 Å². The first-order valence-corrected chi connectivity index (χ1v) is 7.13. The molecule has 0 saturated carbocycles. The molecule has 2 unspecified atom stereocenters.